The normalized spacial score (nSPS) is 12.7. The van der Waals surface area contributed by atoms with Gasteiger partial charge in [-0.25, -0.2) is 0 Å². The molecule has 0 radical (unpaired) electrons. The minimum absolute atomic E-state index is 0.260. The van der Waals surface area contributed by atoms with Gasteiger partial charge >= 0.3 is 0 Å². The van der Waals surface area contributed by atoms with E-state index in [1.165, 1.54) is 21.6 Å². The maximum atomic E-state index is 3.65. The highest BCUT2D eigenvalue weighted by Gasteiger charge is 2.17. The number of nitrogens with one attached hydrogen (secondary N) is 1. The summed E-state index contributed by atoms with van der Waals surface area (Å²) in [4.78, 5) is 1.37. The van der Waals surface area contributed by atoms with E-state index in [1.807, 2.05) is 7.05 Å². The molecule has 1 unspecified atom stereocenters. The molecular formula is C14H16BrNS. The number of benzene rings is 1. The van der Waals surface area contributed by atoms with Crippen molar-refractivity contribution in [3.8, 4) is 0 Å². The van der Waals surface area contributed by atoms with Crippen LogP contribution in [-0.2, 0) is 0 Å². The number of hydrogen-bond acceptors (Lipinski definition) is 2. The Morgan fingerprint density at radius 3 is 2.53 bits per heavy atom. The first-order chi connectivity index (χ1) is 8.13. The molecule has 0 saturated carbocycles. The van der Waals surface area contributed by atoms with Gasteiger partial charge in [0, 0.05) is 9.35 Å². The number of hydrogen-bond donors (Lipinski definition) is 1. The molecule has 0 aliphatic heterocycles. The predicted octanol–water partition coefficient (Wildman–Crippen LogP) is 4.44. The van der Waals surface area contributed by atoms with Crippen molar-refractivity contribution in [2.45, 2.75) is 19.9 Å². The van der Waals surface area contributed by atoms with Crippen LogP contribution in [0.4, 0.5) is 0 Å². The number of thiophene rings is 1. The third kappa shape index (κ3) is 2.62. The second-order valence-corrected chi connectivity index (χ2v) is 6.15. The van der Waals surface area contributed by atoms with Crippen molar-refractivity contribution in [1.29, 1.82) is 0 Å². The van der Waals surface area contributed by atoms with Crippen LogP contribution < -0.4 is 5.32 Å². The molecule has 0 saturated heterocycles. The van der Waals surface area contributed by atoms with E-state index in [0.29, 0.717) is 0 Å². The van der Waals surface area contributed by atoms with Crippen molar-refractivity contribution in [2.24, 2.45) is 0 Å². The average Bonchev–Trinajstić information content (AvgIpc) is 2.71. The van der Waals surface area contributed by atoms with E-state index in [1.54, 1.807) is 11.3 Å². The summed E-state index contributed by atoms with van der Waals surface area (Å²) in [5.41, 5.74) is 3.95. The van der Waals surface area contributed by atoms with Crippen LogP contribution in [-0.4, -0.2) is 7.05 Å². The molecule has 2 aromatic rings. The van der Waals surface area contributed by atoms with Crippen LogP contribution in [0.2, 0.25) is 0 Å². The lowest BCUT2D eigenvalue weighted by Gasteiger charge is -2.19. The van der Waals surface area contributed by atoms with Gasteiger partial charge in [0.15, 0.2) is 0 Å². The van der Waals surface area contributed by atoms with E-state index >= 15 is 0 Å². The second-order valence-electron chi connectivity index (χ2n) is 4.18. The molecule has 0 fully saturated rings. The number of aryl methyl sites for hydroxylation is 2. The minimum Gasteiger partial charge on any atom is -0.309 e. The first kappa shape index (κ1) is 12.8. The largest absolute Gasteiger partial charge is 0.309 e. The molecule has 0 bridgehead atoms. The molecule has 0 aliphatic carbocycles. The molecule has 3 heteroatoms. The lowest BCUT2D eigenvalue weighted by atomic mass is 9.98. The smallest absolute Gasteiger partial charge is 0.0596 e. The zero-order chi connectivity index (χ0) is 12.4. The molecule has 0 amide bonds. The molecule has 1 aromatic carbocycles. The molecule has 2 rings (SSSR count). The highest BCUT2D eigenvalue weighted by atomic mass is 79.9. The summed E-state index contributed by atoms with van der Waals surface area (Å²) in [5, 5.41) is 5.56. The third-order valence-electron chi connectivity index (χ3n) is 2.96. The number of halogens is 1. The second kappa shape index (κ2) is 5.34. The molecule has 1 atom stereocenters. The lowest BCUT2D eigenvalue weighted by Crippen LogP contribution is -2.18. The fraction of sp³-hybridized carbons (Fsp3) is 0.286. The van der Waals surface area contributed by atoms with Crippen molar-refractivity contribution in [3.05, 3.63) is 55.7 Å². The van der Waals surface area contributed by atoms with Crippen molar-refractivity contribution >= 4 is 27.3 Å². The van der Waals surface area contributed by atoms with Gasteiger partial charge in [-0.1, -0.05) is 33.6 Å². The molecular weight excluding hydrogens is 294 g/mol. The van der Waals surface area contributed by atoms with Gasteiger partial charge in [-0.15, -0.1) is 11.3 Å². The van der Waals surface area contributed by atoms with E-state index in [-0.39, 0.29) is 6.04 Å². The van der Waals surface area contributed by atoms with E-state index in [4.69, 9.17) is 0 Å². The Labute approximate surface area is 115 Å². The zero-order valence-corrected chi connectivity index (χ0v) is 12.7. The zero-order valence-electron chi connectivity index (χ0n) is 10.3. The summed E-state index contributed by atoms with van der Waals surface area (Å²) in [7, 11) is 2.01. The summed E-state index contributed by atoms with van der Waals surface area (Å²) in [6.07, 6.45) is 0. The topological polar surface area (TPSA) is 12.0 Å². The quantitative estimate of drug-likeness (QED) is 0.884. The minimum atomic E-state index is 0.260. The van der Waals surface area contributed by atoms with Crippen LogP contribution >= 0.6 is 27.3 Å². The summed E-state index contributed by atoms with van der Waals surface area (Å²) >= 11 is 5.44. The van der Waals surface area contributed by atoms with Gasteiger partial charge in [0.25, 0.3) is 0 Å². The van der Waals surface area contributed by atoms with E-state index < -0.39 is 0 Å². The van der Waals surface area contributed by atoms with Crippen LogP contribution in [0.15, 0.2) is 34.1 Å². The fourth-order valence-electron chi connectivity index (χ4n) is 2.06. The first-order valence-corrected chi connectivity index (χ1v) is 7.28. The summed E-state index contributed by atoms with van der Waals surface area (Å²) in [6, 6.07) is 8.95. The SMILES string of the molecule is CNC(c1cc(C)ccc1Br)c1ccsc1C. The lowest BCUT2D eigenvalue weighted by molar-refractivity contribution is 0.687. The Bertz CT molecular complexity index is 519. The molecule has 1 heterocycles. The van der Waals surface area contributed by atoms with E-state index in [9.17, 15) is 0 Å². The standard InChI is InChI=1S/C14H16BrNS/c1-9-4-5-13(15)12(8-9)14(16-3)11-6-7-17-10(11)2/h4-8,14,16H,1-3H3. The summed E-state index contributed by atoms with van der Waals surface area (Å²) < 4.78 is 1.16. The van der Waals surface area contributed by atoms with Crippen LogP contribution in [0.3, 0.4) is 0 Å². The van der Waals surface area contributed by atoms with Crippen molar-refractivity contribution in [1.82, 2.24) is 5.32 Å². The Balaban J connectivity index is 2.49. The van der Waals surface area contributed by atoms with Gasteiger partial charge in [-0.2, -0.15) is 0 Å². The van der Waals surface area contributed by atoms with Crippen LogP contribution in [0.25, 0.3) is 0 Å². The summed E-state index contributed by atoms with van der Waals surface area (Å²) in [5.74, 6) is 0. The van der Waals surface area contributed by atoms with Gasteiger partial charge in [0.2, 0.25) is 0 Å². The first-order valence-electron chi connectivity index (χ1n) is 5.60. The predicted molar refractivity (Wildman–Crippen MR) is 78.8 cm³/mol. The Hall–Kier alpha value is -0.640. The van der Waals surface area contributed by atoms with Crippen molar-refractivity contribution in [3.63, 3.8) is 0 Å². The molecule has 0 spiro atoms. The molecule has 1 nitrogen and oxygen atoms in total. The summed E-state index contributed by atoms with van der Waals surface area (Å²) in [6.45, 7) is 4.30. The molecule has 0 aliphatic rings. The van der Waals surface area contributed by atoms with Gasteiger partial charge in [-0.05, 0) is 49.5 Å². The maximum absolute atomic E-state index is 3.65. The molecule has 1 N–H and O–H groups in total. The Morgan fingerprint density at radius 2 is 1.94 bits per heavy atom. The maximum Gasteiger partial charge on any atom is 0.0596 e. The fourth-order valence-corrected chi connectivity index (χ4v) is 3.27. The van der Waals surface area contributed by atoms with Gasteiger partial charge in [0.05, 0.1) is 6.04 Å². The molecule has 90 valence electrons. The van der Waals surface area contributed by atoms with Crippen molar-refractivity contribution in [2.75, 3.05) is 7.05 Å². The third-order valence-corrected chi connectivity index (χ3v) is 4.54. The Morgan fingerprint density at radius 1 is 1.18 bits per heavy atom. The van der Waals surface area contributed by atoms with Gasteiger partial charge in [0.1, 0.15) is 0 Å². The average molecular weight is 310 g/mol. The highest BCUT2D eigenvalue weighted by molar-refractivity contribution is 9.10. The van der Waals surface area contributed by atoms with Crippen molar-refractivity contribution < 1.29 is 0 Å². The van der Waals surface area contributed by atoms with E-state index in [0.717, 1.165) is 4.47 Å². The van der Waals surface area contributed by atoms with E-state index in [2.05, 4.69) is 64.7 Å². The molecule has 1 aromatic heterocycles. The highest BCUT2D eigenvalue weighted by Crippen LogP contribution is 2.32. The molecule has 17 heavy (non-hydrogen) atoms. The van der Waals surface area contributed by atoms with Crippen LogP contribution in [0, 0.1) is 13.8 Å². The number of rotatable bonds is 3. The van der Waals surface area contributed by atoms with Gasteiger partial charge in [-0.3, -0.25) is 0 Å². The van der Waals surface area contributed by atoms with Crippen LogP contribution in [0.5, 0.6) is 0 Å². The van der Waals surface area contributed by atoms with Crippen LogP contribution in [0.1, 0.15) is 27.6 Å². The van der Waals surface area contributed by atoms with Gasteiger partial charge < -0.3 is 5.32 Å². The monoisotopic (exact) mass is 309 g/mol. The Kier molecular flexibility index (Phi) is 4.02.